The van der Waals surface area contributed by atoms with Gasteiger partial charge in [-0.1, -0.05) is 23.7 Å². The highest BCUT2D eigenvalue weighted by Crippen LogP contribution is 2.11. The first-order valence-electron chi connectivity index (χ1n) is 5.45. The minimum Gasteiger partial charge on any atom is -0.449 e. The molecular weight excluding hydrogens is 203 g/mol. The first-order chi connectivity index (χ1) is 7.70. The highest BCUT2D eigenvalue weighted by Gasteiger charge is 2.24. The summed E-state index contributed by atoms with van der Waals surface area (Å²) >= 11 is 0. The topological polar surface area (TPSA) is 66.6 Å². The Balaban J connectivity index is 2.14. The zero-order chi connectivity index (χ0) is 11.5. The molecule has 0 saturated carbocycles. The summed E-state index contributed by atoms with van der Waals surface area (Å²) in [6, 6.07) is 7.18. The van der Waals surface area contributed by atoms with Crippen molar-refractivity contribution in [3.8, 4) is 0 Å². The van der Waals surface area contributed by atoms with Crippen LogP contribution in [-0.2, 0) is 0 Å². The molecule has 1 aromatic carbocycles. The molecule has 3 N–H and O–H groups in total. The van der Waals surface area contributed by atoms with Crippen LogP contribution in [0.15, 0.2) is 24.3 Å². The Labute approximate surface area is 95.3 Å². The van der Waals surface area contributed by atoms with Gasteiger partial charge in [-0.2, -0.15) is 0 Å². The van der Waals surface area contributed by atoms with Crippen LogP contribution in [0.4, 0.5) is 0 Å². The van der Waals surface area contributed by atoms with E-state index in [2.05, 4.69) is 0 Å². The third-order valence-electron chi connectivity index (χ3n) is 2.87. The van der Waals surface area contributed by atoms with Crippen molar-refractivity contribution in [2.45, 2.75) is 12.5 Å². The number of carbonyl (C=O) groups is 1. The lowest BCUT2D eigenvalue weighted by Crippen LogP contribution is -2.32. The summed E-state index contributed by atoms with van der Waals surface area (Å²) in [6.45, 7) is 1.35. The predicted octanol–water partition coefficient (Wildman–Crippen LogP) is -1.17. The van der Waals surface area contributed by atoms with Gasteiger partial charge < -0.3 is 15.7 Å². The van der Waals surface area contributed by atoms with E-state index in [9.17, 15) is 4.79 Å². The zero-order valence-electron chi connectivity index (χ0n) is 9.10. The number of hydrogen-bond donors (Lipinski definition) is 2. The van der Waals surface area contributed by atoms with Gasteiger partial charge in [0.1, 0.15) is 0 Å². The second kappa shape index (κ2) is 4.68. The Morgan fingerprint density at radius 3 is 3.00 bits per heavy atom. The smallest absolute Gasteiger partial charge is 0.304 e. The molecule has 16 heavy (non-hydrogen) atoms. The molecule has 1 aliphatic heterocycles. The van der Waals surface area contributed by atoms with Crippen LogP contribution < -0.4 is 11.2 Å². The molecule has 1 atom stereocenters. The van der Waals surface area contributed by atoms with Crippen molar-refractivity contribution < 1.29 is 9.82 Å². The SMILES string of the molecule is N[C@H]1CCN(C(=O)c2cccc(BO)c2)C1. The molecule has 0 spiro atoms. The van der Waals surface area contributed by atoms with Crippen molar-refractivity contribution in [2.75, 3.05) is 13.1 Å². The van der Waals surface area contributed by atoms with Crippen molar-refractivity contribution in [2.24, 2.45) is 5.73 Å². The number of nitrogens with zero attached hydrogens (tertiary/aromatic N) is 1. The van der Waals surface area contributed by atoms with E-state index in [4.69, 9.17) is 10.8 Å². The maximum Gasteiger partial charge on any atom is 0.304 e. The first kappa shape index (κ1) is 11.2. The molecule has 5 heteroatoms. The Morgan fingerprint density at radius 2 is 2.38 bits per heavy atom. The van der Waals surface area contributed by atoms with Gasteiger partial charge in [0.2, 0.25) is 0 Å². The zero-order valence-corrected chi connectivity index (χ0v) is 9.10. The van der Waals surface area contributed by atoms with E-state index in [1.165, 1.54) is 0 Å². The average molecular weight is 218 g/mol. The maximum absolute atomic E-state index is 12.0. The highest BCUT2D eigenvalue weighted by atomic mass is 16.2. The van der Waals surface area contributed by atoms with Gasteiger partial charge in [-0.25, -0.2) is 0 Å². The van der Waals surface area contributed by atoms with E-state index in [1.807, 2.05) is 0 Å². The fraction of sp³-hybridized carbons (Fsp3) is 0.364. The van der Waals surface area contributed by atoms with Gasteiger partial charge in [0, 0.05) is 24.7 Å². The molecule has 84 valence electrons. The largest absolute Gasteiger partial charge is 0.449 e. The van der Waals surface area contributed by atoms with Crippen molar-refractivity contribution in [1.82, 2.24) is 4.90 Å². The quantitative estimate of drug-likeness (QED) is 0.614. The van der Waals surface area contributed by atoms with Gasteiger partial charge in [-0.3, -0.25) is 4.79 Å². The second-order valence-corrected chi connectivity index (χ2v) is 4.16. The lowest BCUT2D eigenvalue weighted by Gasteiger charge is -2.15. The molecular formula is C11H15BN2O2. The van der Waals surface area contributed by atoms with Gasteiger partial charge in [0.25, 0.3) is 5.91 Å². The summed E-state index contributed by atoms with van der Waals surface area (Å²) in [5.74, 6) is 0.00301. The lowest BCUT2D eigenvalue weighted by atomic mass is 9.87. The van der Waals surface area contributed by atoms with Gasteiger partial charge in [-0.05, 0) is 12.5 Å². The molecule has 0 unspecified atom stereocenters. The molecule has 4 nitrogen and oxygen atoms in total. The number of hydrogen-bond acceptors (Lipinski definition) is 3. The van der Waals surface area contributed by atoms with E-state index in [0.717, 1.165) is 18.4 Å². The maximum atomic E-state index is 12.0. The lowest BCUT2D eigenvalue weighted by molar-refractivity contribution is 0.0791. The van der Waals surface area contributed by atoms with Crippen LogP contribution >= 0.6 is 0 Å². The van der Waals surface area contributed by atoms with Gasteiger partial charge >= 0.3 is 7.48 Å². The Hall–Kier alpha value is -1.33. The van der Waals surface area contributed by atoms with Crippen LogP contribution in [0.3, 0.4) is 0 Å². The van der Waals surface area contributed by atoms with Gasteiger partial charge in [-0.15, -0.1) is 0 Å². The van der Waals surface area contributed by atoms with Crippen LogP contribution in [0, 0.1) is 0 Å². The van der Waals surface area contributed by atoms with E-state index < -0.39 is 0 Å². The Kier molecular flexibility index (Phi) is 3.26. The number of rotatable bonds is 2. The van der Waals surface area contributed by atoms with E-state index in [1.54, 1.807) is 29.2 Å². The molecule has 1 fully saturated rings. The van der Waals surface area contributed by atoms with Crippen LogP contribution in [0.1, 0.15) is 16.8 Å². The Morgan fingerprint density at radius 1 is 1.56 bits per heavy atom. The minimum absolute atomic E-state index is 0.00301. The fourth-order valence-corrected chi connectivity index (χ4v) is 1.96. The molecule has 1 heterocycles. The molecule has 1 saturated heterocycles. The van der Waals surface area contributed by atoms with Crippen molar-refractivity contribution >= 4 is 18.9 Å². The normalized spacial score (nSPS) is 19.9. The third-order valence-corrected chi connectivity index (χ3v) is 2.87. The summed E-state index contributed by atoms with van der Waals surface area (Å²) in [5, 5.41) is 9.01. The summed E-state index contributed by atoms with van der Waals surface area (Å²) in [7, 11) is -0.0410. The molecule has 1 amide bonds. The second-order valence-electron chi connectivity index (χ2n) is 4.16. The molecule has 2 rings (SSSR count). The van der Waals surface area contributed by atoms with E-state index >= 15 is 0 Å². The molecule has 1 aromatic rings. The van der Waals surface area contributed by atoms with E-state index in [-0.39, 0.29) is 19.4 Å². The number of amides is 1. The van der Waals surface area contributed by atoms with Crippen LogP contribution in [0.2, 0.25) is 0 Å². The average Bonchev–Trinajstić information content (AvgIpc) is 2.75. The fourth-order valence-electron chi connectivity index (χ4n) is 1.96. The monoisotopic (exact) mass is 218 g/mol. The minimum atomic E-state index is -0.0410. The molecule has 0 aliphatic carbocycles. The van der Waals surface area contributed by atoms with Gasteiger partial charge in [0.15, 0.2) is 0 Å². The number of carbonyl (C=O) groups excluding carboxylic acids is 1. The standard InChI is InChI=1S/C11H15BN2O2/c13-10-4-5-14(7-10)11(15)8-2-1-3-9(6-8)12-16/h1-3,6,10,12,16H,4-5,7,13H2/t10-/m0/s1. The predicted molar refractivity (Wildman–Crippen MR) is 63.9 cm³/mol. The number of nitrogens with two attached hydrogens (primary N) is 1. The summed E-state index contributed by atoms with van der Waals surface area (Å²) in [6.07, 6.45) is 0.866. The summed E-state index contributed by atoms with van der Waals surface area (Å²) < 4.78 is 0. The molecule has 1 aliphatic rings. The first-order valence-corrected chi connectivity index (χ1v) is 5.45. The van der Waals surface area contributed by atoms with Gasteiger partial charge in [0.05, 0.1) is 0 Å². The Bertz CT molecular complexity index is 397. The molecule has 0 radical (unpaired) electrons. The molecule has 0 aromatic heterocycles. The number of benzene rings is 1. The van der Waals surface area contributed by atoms with Crippen molar-refractivity contribution in [3.63, 3.8) is 0 Å². The molecule has 0 bridgehead atoms. The van der Waals surface area contributed by atoms with Crippen LogP contribution in [0.5, 0.6) is 0 Å². The van der Waals surface area contributed by atoms with Crippen LogP contribution in [0.25, 0.3) is 0 Å². The summed E-state index contributed by atoms with van der Waals surface area (Å²) in [5.41, 5.74) is 7.15. The van der Waals surface area contributed by atoms with Crippen molar-refractivity contribution in [3.05, 3.63) is 29.8 Å². The number of likely N-dealkylation sites (tertiary alicyclic amines) is 1. The van der Waals surface area contributed by atoms with Crippen molar-refractivity contribution in [1.29, 1.82) is 0 Å². The highest BCUT2D eigenvalue weighted by molar-refractivity contribution is 6.45. The van der Waals surface area contributed by atoms with E-state index in [0.29, 0.717) is 12.1 Å². The third kappa shape index (κ3) is 2.26. The summed E-state index contributed by atoms with van der Waals surface area (Å²) in [4.78, 5) is 13.8. The van der Waals surface area contributed by atoms with Crippen LogP contribution in [-0.4, -0.2) is 42.4 Å².